The van der Waals surface area contributed by atoms with Crippen molar-refractivity contribution in [2.24, 2.45) is 10.9 Å². The summed E-state index contributed by atoms with van der Waals surface area (Å²) < 4.78 is 39.7. The van der Waals surface area contributed by atoms with E-state index in [1.807, 2.05) is 0 Å². The number of hydrogen-bond acceptors (Lipinski definition) is 4. The average Bonchev–Trinajstić information content (AvgIpc) is 2.75. The molecule has 1 aromatic heterocycles. The topological polar surface area (TPSA) is 89.3 Å². The number of nitrogens with zero attached hydrogens (tertiary/aromatic N) is 4. The first-order valence-corrected chi connectivity index (χ1v) is 5.84. The Morgan fingerprint density at radius 1 is 1.33 bits per heavy atom. The van der Waals surface area contributed by atoms with E-state index >= 15 is 0 Å². The molecule has 2 aromatic rings. The van der Waals surface area contributed by atoms with Gasteiger partial charge in [0.1, 0.15) is 11.6 Å². The van der Waals surface area contributed by atoms with Gasteiger partial charge in [-0.15, -0.1) is 0 Å². The molecule has 6 nitrogen and oxygen atoms in total. The molecule has 112 valence electrons. The van der Waals surface area contributed by atoms with E-state index in [4.69, 9.17) is 10.9 Å². The Kier molecular flexibility index (Phi) is 3.58. The van der Waals surface area contributed by atoms with Gasteiger partial charge in [-0.3, -0.25) is 0 Å². The van der Waals surface area contributed by atoms with E-state index in [0.717, 1.165) is 12.1 Å². The van der Waals surface area contributed by atoms with E-state index < -0.39 is 17.6 Å². The first-order valence-electron chi connectivity index (χ1n) is 5.84. The maximum absolute atomic E-state index is 12.8. The second-order valence-corrected chi connectivity index (χ2v) is 4.33. The second kappa shape index (κ2) is 5.08. The van der Waals surface area contributed by atoms with Crippen LogP contribution < -0.4 is 5.73 Å². The Labute approximate surface area is 117 Å². The lowest BCUT2D eigenvalue weighted by molar-refractivity contribution is -0.137. The van der Waals surface area contributed by atoms with Crippen molar-refractivity contribution in [3.05, 3.63) is 41.0 Å². The van der Waals surface area contributed by atoms with Gasteiger partial charge in [-0.05, 0) is 32.0 Å². The second-order valence-electron chi connectivity index (χ2n) is 4.33. The largest absolute Gasteiger partial charge is 0.416 e. The third-order valence-corrected chi connectivity index (χ3v) is 2.81. The van der Waals surface area contributed by atoms with Crippen LogP contribution in [-0.2, 0) is 6.18 Å². The van der Waals surface area contributed by atoms with Crippen molar-refractivity contribution in [1.82, 2.24) is 14.8 Å². The number of rotatable bonds is 2. The number of benzene rings is 1. The quantitative estimate of drug-likeness (QED) is 0.384. The molecule has 0 spiro atoms. The normalized spacial score (nSPS) is 12.7. The van der Waals surface area contributed by atoms with Crippen LogP contribution in [0.1, 0.15) is 22.8 Å². The van der Waals surface area contributed by atoms with Gasteiger partial charge in [0.15, 0.2) is 5.84 Å². The summed E-state index contributed by atoms with van der Waals surface area (Å²) in [5, 5.41) is 15.6. The maximum Gasteiger partial charge on any atom is 0.416 e. The first-order chi connectivity index (χ1) is 9.74. The van der Waals surface area contributed by atoms with Crippen LogP contribution in [0.5, 0.6) is 0 Å². The molecule has 1 heterocycles. The number of oxime groups is 1. The molecule has 1 aromatic carbocycles. The minimum Gasteiger partial charge on any atom is -0.409 e. The van der Waals surface area contributed by atoms with Gasteiger partial charge in [0.2, 0.25) is 0 Å². The predicted octanol–water partition coefficient (Wildman–Crippen LogP) is 2.00. The fourth-order valence-electron chi connectivity index (χ4n) is 1.91. The number of halogens is 3. The Morgan fingerprint density at radius 2 is 2.00 bits per heavy atom. The van der Waals surface area contributed by atoms with Crippen LogP contribution in [0.4, 0.5) is 13.2 Å². The molecule has 3 N–H and O–H groups in total. The van der Waals surface area contributed by atoms with Gasteiger partial charge in [-0.25, -0.2) is 9.67 Å². The van der Waals surface area contributed by atoms with E-state index in [9.17, 15) is 13.2 Å². The molecule has 21 heavy (non-hydrogen) atoms. The number of aromatic nitrogens is 3. The van der Waals surface area contributed by atoms with E-state index in [1.165, 1.54) is 10.7 Å². The van der Waals surface area contributed by atoms with Gasteiger partial charge in [-0.1, -0.05) is 5.16 Å². The molecule has 0 saturated carbocycles. The molecule has 2 rings (SSSR count). The summed E-state index contributed by atoms with van der Waals surface area (Å²) in [5.74, 6) is 0.487. The van der Waals surface area contributed by atoms with Crippen molar-refractivity contribution < 1.29 is 18.4 Å². The van der Waals surface area contributed by atoms with Crippen LogP contribution in [0.25, 0.3) is 5.69 Å². The van der Waals surface area contributed by atoms with Gasteiger partial charge in [0, 0.05) is 5.56 Å². The third kappa shape index (κ3) is 2.81. The number of aryl methyl sites for hydroxylation is 2. The lowest BCUT2D eigenvalue weighted by Gasteiger charge is -2.13. The molecule has 0 fully saturated rings. The molecule has 0 unspecified atom stereocenters. The number of alkyl halides is 3. The van der Waals surface area contributed by atoms with E-state index in [2.05, 4.69) is 15.2 Å². The van der Waals surface area contributed by atoms with Crippen LogP contribution in [-0.4, -0.2) is 25.8 Å². The van der Waals surface area contributed by atoms with Gasteiger partial charge < -0.3 is 10.9 Å². The highest BCUT2D eigenvalue weighted by Crippen LogP contribution is 2.31. The van der Waals surface area contributed by atoms with Crippen molar-refractivity contribution in [1.29, 1.82) is 0 Å². The van der Waals surface area contributed by atoms with Crippen LogP contribution in [0.15, 0.2) is 23.4 Å². The van der Waals surface area contributed by atoms with Crippen molar-refractivity contribution in [3.63, 3.8) is 0 Å². The highest BCUT2D eigenvalue weighted by Gasteiger charge is 2.31. The summed E-state index contributed by atoms with van der Waals surface area (Å²) in [6.07, 6.45) is -4.53. The molecular weight excluding hydrogens is 287 g/mol. The fraction of sp³-hybridized carbons (Fsp3) is 0.250. The van der Waals surface area contributed by atoms with Gasteiger partial charge in [0.05, 0.1) is 11.3 Å². The van der Waals surface area contributed by atoms with Crippen molar-refractivity contribution in [3.8, 4) is 5.69 Å². The summed E-state index contributed by atoms with van der Waals surface area (Å²) in [6, 6.07) is 2.91. The summed E-state index contributed by atoms with van der Waals surface area (Å²) in [7, 11) is 0. The molecule has 9 heteroatoms. The smallest absolute Gasteiger partial charge is 0.409 e. The summed E-state index contributed by atoms with van der Waals surface area (Å²) in [6.45, 7) is 3.30. The highest BCUT2D eigenvalue weighted by atomic mass is 19.4. The monoisotopic (exact) mass is 299 g/mol. The molecule has 0 saturated heterocycles. The number of hydrogen-bond donors (Lipinski definition) is 2. The molecule has 0 aliphatic carbocycles. The zero-order valence-corrected chi connectivity index (χ0v) is 11.2. The number of nitrogens with two attached hydrogens (primary N) is 1. The van der Waals surface area contributed by atoms with E-state index in [1.54, 1.807) is 13.8 Å². The van der Waals surface area contributed by atoms with Crippen molar-refractivity contribution in [2.45, 2.75) is 20.0 Å². The van der Waals surface area contributed by atoms with Crippen LogP contribution in [0, 0.1) is 13.8 Å². The van der Waals surface area contributed by atoms with Crippen LogP contribution in [0.3, 0.4) is 0 Å². The zero-order valence-electron chi connectivity index (χ0n) is 11.2. The summed E-state index contributed by atoms with van der Waals surface area (Å²) in [5.41, 5.74) is 4.74. The van der Waals surface area contributed by atoms with E-state index in [-0.39, 0.29) is 11.3 Å². The SMILES string of the molecule is Cc1nc(C)n(-c2ccc(C(F)(F)F)cc2C(N)=NO)n1. The van der Waals surface area contributed by atoms with Crippen molar-refractivity contribution >= 4 is 5.84 Å². The molecule has 0 bridgehead atoms. The van der Waals surface area contributed by atoms with Gasteiger partial charge >= 0.3 is 6.18 Å². The van der Waals surface area contributed by atoms with Crippen LogP contribution >= 0.6 is 0 Å². The third-order valence-electron chi connectivity index (χ3n) is 2.81. The summed E-state index contributed by atoms with van der Waals surface area (Å²) >= 11 is 0. The fourth-order valence-corrected chi connectivity index (χ4v) is 1.91. The van der Waals surface area contributed by atoms with Crippen molar-refractivity contribution in [2.75, 3.05) is 0 Å². The average molecular weight is 299 g/mol. The lowest BCUT2D eigenvalue weighted by Crippen LogP contribution is -2.19. The molecule has 0 radical (unpaired) electrons. The van der Waals surface area contributed by atoms with Crippen LogP contribution in [0.2, 0.25) is 0 Å². The van der Waals surface area contributed by atoms with Gasteiger partial charge in [0.25, 0.3) is 0 Å². The predicted molar refractivity (Wildman–Crippen MR) is 68.3 cm³/mol. The summed E-state index contributed by atoms with van der Waals surface area (Å²) in [4.78, 5) is 4.07. The lowest BCUT2D eigenvalue weighted by atomic mass is 10.1. The van der Waals surface area contributed by atoms with E-state index in [0.29, 0.717) is 11.6 Å². The standard InChI is InChI=1S/C12H12F3N5O/c1-6-17-7(2)20(18-6)10-4-3-8(12(13,14)15)5-9(10)11(16)19-21/h3-5,21H,1-2H3,(H2,16,19). The zero-order chi connectivity index (χ0) is 15.8. The highest BCUT2D eigenvalue weighted by molar-refractivity contribution is 6.00. The molecule has 0 aliphatic rings. The Bertz CT molecular complexity index is 705. The molecular formula is C12H12F3N5O. The minimum absolute atomic E-state index is 0.0830. The number of amidine groups is 1. The van der Waals surface area contributed by atoms with Gasteiger partial charge in [-0.2, -0.15) is 18.3 Å². The molecule has 0 aliphatic heterocycles. The maximum atomic E-state index is 12.8. The molecule has 0 atom stereocenters. The Morgan fingerprint density at radius 3 is 2.48 bits per heavy atom. The Balaban J connectivity index is 2.69. The first kappa shape index (κ1) is 14.8. The minimum atomic E-state index is -4.53. The molecule has 0 amide bonds. The Hall–Kier alpha value is -2.58.